The van der Waals surface area contributed by atoms with Crippen LogP contribution in [0, 0.1) is 10.1 Å². The molecule has 0 aliphatic carbocycles. The number of nitro groups is 1. The van der Waals surface area contributed by atoms with Crippen LogP contribution in [0.15, 0.2) is 30.5 Å². The molecule has 0 saturated carbocycles. The van der Waals surface area contributed by atoms with Crippen LogP contribution in [0.4, 0.5) is 11.4 Å². The molecule has 11 heteroatoms. The molecule has 1 aromatic heterocycles. The van der Waals surface area contributed by atoms with Crippen molar-refractivity contribution < 1.29 is 14.2 Å². The van der Waals surface area contributed by atoms with E-state index in [1.54, 1.807) is 19.0 Å². The highest BCUT2D eigenvalue weighted by atomic mass is 35.5. The zero-order chi connectivity index (χ0) is 19.3. The second-order valence-electron chi connectivity index (χ2n) is 5.28. The molecule has 0 saturated heterocycles. The van der Waals surface area contributed by atoms with Crippen LogP contribution < -0.4 is 15.0 Å². The van der Waals surface area contributed by atoms with E-state index in [9.17, 15) is 14.7 Å². The Hall–Kier alpha value is -1.99. The molecule has 0 radical (unpaired) electrons. The molecule has 0 fully saturated rings. The van der Waals surface area contributed by atoms with Gasteiger partial charge in [0.25, 0.3) is 5.69 Å². The van der Waals surface area contributed by atoms with Gasteiger partial charge in [-0.3, -0.25) is 15.4 Å². The first-order valence-corrected chi connectivity index (χ1v) is 9.75. The molecule has 8 nitrogen and oxygen atoms in total. The van der Waals surface area contributed by atoms with E-state index in [-0.39, 0.29) is 28.6 Å². The predicted molar refractivity (Wildman–Crippen MR) is 102 cm³/mol. The summed E-state index contributed by atoms with van der Waals surface area (Å²) in [6.45, 7) is 0. The Labute approximate surface area is 161 Å². The van der Waals surface area contributed by atoms with Crippen LogP contribution in [-0.2, 0) is 4.57 Å². The van der Waals surface area contributed by atoms with Gasteiger partial charge in [-0.1, -0.05) is 27.8 Å². The highest BCUT2D eigenvalue weighted by Gasteiger charge is 2.24. The lowest BCUT2D eigenvalue weighted by molar-refractivity contribution is -0.384. The van der Waals surface area contributed by atoms with Gasteiger partial charge in [-0.2, -0.15) is 0 Å². The van der Waals surface area contributed by atoms with Crippen LogP contribution >= 0.6 is 31.0 Å². The van der Waals surface area contributed by atoms with Gasteiger partial charge >= 0.3 is 7.80 Å². The van der Waals surface area contributed by atoms with Crippen molar-refractivity contribution in [1.29, 1.82) is 0 Å². The Morgan fingerprint density at radius 2 is 2.12 bits per heavy atom. The zero-order valence-electron chi connectivity index (χ0n) is 14.0. The van der Waals surface area contributed by atoms with E-state index < -0.39 is 12.7 Å². The van der Waals surface area contributed by atoms with Crippen molar-refractivity contribution in [3.8, 4) is 11.6 Å². The highest BCUT2D eigenvalue weighted by Crippen LogP contribution is 2.36. The predicted octanol–water partition coefficient (Wildman–Crippen LogP) is 4.49. The molecule has 1 atom stereocenters. The van der Waals surface area contributed by atoms with Crippen LogP contribution in [0.3, 0.4) is 0 Å². The van der Waals surface area contributed by atoms with Crippen molar-refractivity contribution in [2.45, 2.75) is 0 Å². The van der Waals surface area contributed by atoms with Crippen LogP contribution in [-0.4, -0.2) is 36.6 Å². The minimum absolute atomic E-state index is 0.122. The summed E-state index contributed by atoms with van der Waals surface area (Å²) in [7, 11) is 1.73. The molecule has 1 heterocycles. The van der Waals surface area contributed by atoms with Gasteiger partial charge in [0.15, 0.2) is 6.29 Å². The zero-order valence-corrected chi connectivity index (χ0v) is 16.4. The average molecular weight is 418 g/mol. The molecule has 26 heavy (non-hydrogen) atoms. The van der Waals surface area contributed by atoms with Crippen LogP contribution in [0.2, 0.25) is 10.0 Å². The van der Waals surface area contributed by atoms with Gasteiger partial charge in [0.05, 0.1) is 9.95 Å². The lowest BCUT2D eigenvalue weighted by Gasteiger charge is -2.15. The summed E-state index contributed by atoms with van der Waals surface area (Å²) in [6.07, 6.45) is 1.85. The first kappa shape index (κ1) is 20.3. The monoisotopic (exact) mass is 417 g/mol. The maximum absolute atomic E-state index is 12.0. The number of hydrogen-bond donors (Lipinski definition) is 1. The SMILES string of the molecule is CNC[P+](=O)CN(C)c1cc(Oc2ncc(Cl)cc2Cl)ccc1[N+](=O)[O-]. The summed E-state index contributed by atoms with van der Waals surface area (Å²) in [4.78, 5) is 16.3. The van der Waals surface area contributed by atoms with Crippen molar-refractivity contribution in [3.05, 3.63) is 50.6 Å². The molecule has 0 amide bonds. The van der Waals surface area contributed by atoms with E-state index in [2.05, 4.69) is 10.3 Å². The molecule has 2 rings (SSSR count). The number of benzene rings is 1. The summed E-state index contributed by atoms with van der Waals surface area (Å²) >= 11 is 11.8. The highest BCUT2D eigenvalue weighted by molar-refractivity contribution is 7.44. The van der Waals surface area contributed by atoms with Crippen molar-refractivity contribution in [2.24, 2.45) is 0 Å². The van der Waals surface area contributed by atoms with E-state index in [0.717, 1.165) is 0 Å². The van der Waals surface area contributed by atoms with Gasteiger partial charge in [0, 0.05) is 25.4 Å². The van der Waals surface area contributed by atoms with E-state index in [1.807, 2.05) is 0 Å². The van der Waals surface area contributed by atoms with Crippen molar-refractivity contribution >= 4 is 42.4 Å². The minimum atomic E-state index is -1.59. The number of nitro benzene ring substituents is 1. The largest absolute Gasteiger partial charge is 0.437 e. The molecule has 0 aliphatic heterocycles. The maximum Gasteiger partial charge on any atom is 0.375 e. The summed E-state index contributed by atoms with van der Waals surface area (Å²) in [5.74, 6) is 0.429. The van der Waals surface area contributed by atoms with Crippen LogP contribution in [0.1, 0.15) is 0 Å². The second kappa shape index (κ2) is 9.09. The van der Waals surface area contributed by atoms with Gasteiger partial charge in [-0.05, 0) is 19.2 Å². The Balaban J connectivity index is 2.32. The van der Waals surface area contributed by atoms with Gasteiger partial charge in [-0.25, -0.2) is 4.98 Å². The first-order chi connectivity index (χ1) is 12.3. The Morgan fingerprint density at radius 1 is 1.38 bits per heavy atom. The summed E-state index contributed by atoms with van der Waals surface area (Å²) in [5, 5.41) is 14.7. The quantitative estimate of drug-likeness (QED) is 0.383. The number of hydrogen-bond acceptors (Lipinski definition) is 7. The molecule has 0 aliphatic rings. The topological polar surface area (TPSA) is 97.6 Å². The lowest BCUT2D eigenvalue weighted by atomic mass is 10.2. The number of ether oxygens (including phenoxy) is 1. The third-order valence-electron chi connectivity index (χ3n) is 3.25. The molecule has 0 spiro atoms. The van der Waals surface area contributed by atoms with Gasteiger partial charge in [-0.15, -0.1) is 0 Å². The number of aromatic nitrogens is 1. The lowest BCUT2D eigenvalue weighted by Crippen LogP contribution is -2.19. The van der Waals surface area contributed by atoms with Crippen molar-refractivity contribution in [1.82, 2.24) is 10.3 Å². The fourth-order valence-electron chi connectivity index (χ4n) is 2.15. The fraction of sp³-hybridized carbons (Fsp3) is 0.267. The number of halogens is 2. The van der Waals surface area contributed by atoms with E-state index in [1.165, 1.54) is 30.5 Å². The third kappa shape index (κ3) is 5.25. The molecular weight excluding hydrogens is 402 g/mol. The van der Waals surface area contributed by atoms with E-state index in [0.29, 0.717) is 17.1 Å². The van der Waals surface area contributed by atoms with E-state index in [4.69, 9.17) is 27.9 Å². The molecule has 1 aromatic carbocycles. The van der Waals surface area contributed by atoms with Gasteiger partial charge in [0.2, 0.25) is 12.2 Å². The average Bonchev–Trinajstić information content (AvgIpc) is 2.57. The standard InChI is InChI=1S/C15H16Cl2N4O4P/c1-18-8-26(24)9-20(2)14-6-11(3-4-13(14)21(22)23)25-15-12(17)5-10(16)7-19-15/h3-7,18H,8-9H2,1-2H3/q+1. The summed E-state index contributed by atoms with van der Waals surface area (Å²) in [5.41, 5.74) is 0.153. The van der Waals surface area contributed by atoms with Crippen LogP contribution in [0.5, 0.6) is 11.6 Å². The molecule has 0 bridgehead atoms. The van der Waals surface area contributed by atoms with Crippen molar-refractivity contribution in [3.63, 3.8) is 0 Å². The molecule has 138 valence electrons. The second-order valence-corrected chi connectivity index (χ2v) is 7.69. The fourth-order valence-corrected chi connectivity index (χ4v) is 3.65. The normalized spacial score (nSPS) is 11.2. The van der Waals surface area contributed by atoms with Crippen molar-refractivity contribution in [2.75, 3.05) is 31.6 Å². The molecule has 1 N–H and O–H groups in total. The smallest absolute Gasteiger partial charge is 0.375 e. The number of nitrogens with zero attached hydrogens (tertiary/aromatic N) is 3. The van der Waals surface area contributed by atoms with Gasteiger partial charge in [0.1, 0.15) is 16.5 Å². The third-order valence-corrected chi connectivity index (χ3v) is 5.13. The number of pyridine rings is 1. The molecular formula is C15H16Cl2N4O4P+. The Morgan fingerprint density at radius 3 is 2.73 bits per heavy atom. The first-order valence-electron chi connectivity index (χ1n) is 7.37. The number of nitrogens with one attached hydrogen (secondary N) is 1. The Kier molecular flexibility index (Phi) is 7.11. The van der Waals surface area contributed by atoms with E-state index >= 15 is 0 Å². The Bertz CT molecular complexity index is 837. The molecule has 1 unspecified atom stereocenters. The number of anilines is 1. The summed E-state index contributed by atoms with van der Waals surface area (Å²) in [6, 6.07) is 5.71. The van der Waals surface area contributed by atoms with Crippen LogP contribution in [0.25, 0.3) is 0 Å². The minimum Gasteiger partial charge on any atom is -0.437 e. The molecule has 2 aromatic rings. The van der Waals surface area contributed by atoms with Gasteiger partial charge < -0.3 is 9.64 Å². The number of rotatable bonds is 8. The maximum atomic E-state index is 12.0. The summed E-state index contributed by atoms with van der Waals surface area (Å²) < 4.78 is 17.6.